The maximum Gasteiger partial charge on any atom is 0.418 e. The highest BCUT2D eigenvalue weighted by atomic mass is 16.6. The van der Waals surface area contributed by atoms with Gasteiger partial charge >= 0.3 is 6.09 Å². The summed E-state index contributed by atoms with van der Waals surface area (Å²) in [6.45, 7) is 5.37. The monoisotopic (exact) mass is 300 g/mol. The summed E-state index contributed by atoms with van der Waals surface area (Å²) in [5, 5.41) is 10.9. The first-order chi connectivity index (χ1) is 10.3. The second-order valence-corrected chi connectivity index (χ2v) is 5.95. The Morgan fingerprint density at radius 1 is 1.14 bits per heavy atom. The van der Waals surface area contributed by atoms with Crippen molar-refractivity contribution in [2.24, 2.45) is 0 Å². The van der Waals surface area contributed by atoms with Crippen molar-refractivity contribution in [3.05, 3.63) is 48.2 Å². The molecule has 1 aromatic carbocycles. The molecule has 5 heteroatoms. The van der Waals surface area contributed by atoms with E-state index in [1.165, 1.54) is 4.57 Å². The third kappa shape index (κ3) is 3.75. The number of aromatic nitrogens is 1. The summed E-state index contributed by atoms with van der Waals surface area (Å²) in [5.41, 5.74) is 1.24. The molecule has 0 spiro atoms. The Kier molecular flexibility index (Phi) is 4.35. The molecule has 116 valence electrons. The molecule has 0 fully saturated rings. The summed E-state index contributed by atoms with van der Waals surface area (Å²) in [5.74, 6) is -1.16. The summed E-state index contributed by atoms with van der Waals surface area (Å²) in [4.78, 5) is 23.1. The van der Waals surface area contributed by atoms with Gasteiger partial charge in [-0.3, -0.25) is 4.57 Å². The van der Waals surface area contributed by atoms with Crippen molar-refractivity contribution >= 4 is 12.1 Å². The van der Waals surface area contributed by atoms with Crippen LogP contribution in [0.25, 0.3) is 11.3 Å². The van der Waals surface area contributed by atoms with Crippen LogP contribution in [-0.4, -0.2) is 22.2 Å². The maximum atomic E-state index is 12.3. The van der Waals surface area contributed by atoms with Crippen LogP contribution in [0.3, 0.4) is 0 Å². The van der Waals surface area contributed by atoms with E-state index in [4.69, 9.17) is 4.74 Å². The Morgan fingerprint density at radius 2 is 1.82 bits per heavy atom. The minimum atomic E-state index is -1.16. The van der Waals surface area contributed by atoms with Gasteiger partial charge in [0, 0.05) is 24.2 Å². The second-order valence-electron chi connectivity index (χ2n) is 5.95. The van der Waals surface area contributed by atoms with Gasteiger partial charge in [-0.1, -0.05) is 24.3 Å². The minimum Gasteiger partial charge on any atom is -0.550 e. The number of aliphatic carboxylic acids is 1. The molecule has 1 heterocycles. The van der Waals surface area contributed by atoms with Crippen LogP contribution in [0.1, 0.15) is 26.3 Å². The Balaban J connectivity index is 2.42. The van der Waals surface area contributed by atoms with E-state index < -0.39 is 17.7 Å². The van der Waals surface area contributed by atoms with Crippen molar-refractivity contribution in [2.75, 3.05) is 0 Å². The highest BCUT2D eigenvalue weighted by Crippen LogP contribution is 2.25. The van der Waals surface area contributed by atoms with Crippen LogP contribution in [0.5, 0.6) is 0 Å². The van der Waals surface area contributed by atoms with Gasteiger partial charge in [0.2, 0.25) is 0 Å². The normalized spacial score (nSPS) is 11.2. The van der Waals surface area contributed by atoms with Crippen LogP contribution in [0.2, 0.25) is 0 Å². The second kappa shape index (κ2) is 6.05. The fourth-order valence-electron chi connectivity index (χ4n) is 2.15. The molecule has 0 aliphatic rings. The highest BCUT2D eigenvalue weighted by Gasteiger charge is 2.20. The lowest BCUT2D eigenvalue weighted by Crippen LogP contribution is -2.27. The molecule has 0 unspecified atom stereocenters. The number of carbonyl (C=O) groups is 2. The zero-order chi connectivity index (χ0) is 16.3. The van der Waals surface area contributed by atoms with E-state index in [1.54, 1.807) is 63.4 Å². The zero-order valence-corrected chi connectivity index (χ0v) is 12.8. The van der Waals surface area contributed by atoms with Crippen molar-refractivity contribution in [3.8, 4) is 11.3 Å². The number of carbonyl (C=O) groups excluding carboxylic acids is 2. The Hall–Kier alpha value is -2.56. The topological polar surface area (TPSA) is 71.4 Å². The molecular formula is C17H18NO4-. The molecule has 0 amide bonds. The van der Waals surface area contributed by atoms with Crippen molar-refractivity contribution in [2.45, 2.75) is 32.8 Å². The summed E-state index contributed by atoms with van der Waals surface area (Å²) in [6.07, 6.45) is 0.880. The quantitative estimate of drug-likeness (QED) is 0.871. The van der Waals surface area contributed by atoms with Gasteiger partial charge in [-0.15, -0.1) is 0 Å². The van der Waals surface area contributed by atoms with Gasteiger partial charge in [0.15, 0.2) is 0 Å². The minimum absolute atomic E-state index is 0.213. The molecule has 22 heavy (non-hydrogen) atoms. The number of carboxylic acid groups (broad SMARTS) is 1. The lowest BCUT2D eigenvalue weighted by atomic mass is 10.0. The van der Waals surface area contributed by atoms with Crippen LogP contribution in [0.4, 0.5) is 4.79 Å². The maximum absolute atomic E-state index is 12.3. The van der Waals surface area contributed by atoms with Gasteiger partial charge in [-0.05, 0) is 38.5 Å². The zero-order valence-electron chi connectivity index (χ0n) is 12.8. The van der Waals surface area contributed by atoms with E-state index in [-0.39, 0.29) is 6.42 Å². The van der Waals surface area contributed by atoms with Gasteiger partial charge in [-0.25, -0.2) is 4.79 Å². The van der Waals surface area contributed by atoms with Gasteiger partial charge in [0.25, 0.3) is 0 Å². The summed E-state index contributed by atoms with van der Waals surface area (Å²) in [6, 6.07) is 10.5. The first-order valence-corrected chi connectivity index (χ1v) is 6.97. The molecule has 0 bridgehead atoms. The first kappa shape index (κ1) is 15.8. The van der Waals surface area contributed by atoms with E-state index in [0.29, 0.717) is 16.8 Å². The predicted octanol–water partition coefficient (Wildman–Crippen LogP) is 2.23. The average Bonchev–Trinajstić information content (AvgIpc) is 2.85. The molecule has 0 saturated heterocycles. The molecule has 0 atom stereocenters. The molecule has 0 radical (unpaired) electrons. The largest absolute Gasteiger partial charge is 0.550 e. The molecule has 2 rings (SSSR count). The number of ether oxygens (including phenoxy) is 1. The third-order valence-corrected chi connectivity index (χ3v) is 2.97. The van der Waals surface area contributed by atoms with Crippen molar-refractivity contribution < 1.29 is 19.4 Å². The van der Waals surface area contributed by atoms with Crippen LogP contribution < -0.4 is 5.11 Å². The Labute approximate surface area is 129 Å². The molecule has 0 saturated carbocycles. The summed E-state index contributed by atoms with van der Waals surface area (Å²) < 4.78 is 6.73. The predicted molar refractivity (Wildman–Crippen MR) is 80.2 cm³/mol. The smallest absolute Gasteiger partial charge is 0.418 e. The van der Waals surface area contributed by atoms with Crippen LogP contribution in [-0.2, 0) is 16.0 Å². The number of benzene rings is 1. The van der Waals surface area contributed by atoms with Gasteiger partial charge in [0.05, 0.1) is 5.69 Å². The fraction of sp³-hybridized carbons (Fsp3) is 0.294. The molecule has 0 aliphatic heterocycles. The van der Waals surface area contributed by atoms with Crippen molar-refractivity contribution in [3.63, 3.8) is 0 Å². The SMILES string of the molecule is CC(C)(C)OC(=O)n1cccc1-c1ccccc1CC(=O)[O-]. The van der Waals surface area contributed by atoms with Crippen LogP contribution in [0.15, 0.2) is 42.6 Å². The third-order valence-electron chi connectivity index (χ3n) is 2.97. The van der Waals surface area contributed by atoms with E-state index in [2.05, 4.69) is 0 Å². The lowest BCUT2D eigenvalue weighted by Gasteiger charge is -2.21. The number of carboxylic acids is 1. The van der Waals surface area contributed by atoms with Crippen molar-refractivity contribution in [1.82, 2.24) is 4.57 Å². The molecular weight excluding hydrogens is 282 g/mol. The van der Waals surface area contributed by atoms with Crippen LogP contribution >= 0.6 is 0 Å². The Morgan fingerprint density at radius 3 is 2.45 bits per heavy atom. The highest BCUT2D eigenvalue weighted by molar-refractivity contribution is 5.81. The summed E-state index contributed by atoms with van der Waals surface area (Å²) in [7, 11) is 0. The number of hydrogen-bond donors (Lipinski definition) is 0. The van der Waals surface area contributed by atoms with Gasteiger partial charge in [0.1, 0.15) is 5.60 Å². The fourth-order valence-corrected chi connectivity index (χ4v) is 2.15. The molecule has 0 N–H and O–H groups in total. The van der Waals surface area contributed by atoms with E-state index >= 15 is 0 Å². The number of nitrogens with zero attached hydrogens (tertiary/aromatic N) is 1. The number of rotatable bonds is 3. The standard InChI is InChI=1S/C17H19NO4/c1-17(2,3)22-16(21)18-10-6-9-14(18)13-8-5-4-7-12(13)11-15(19)20/h4-10H,11H2,1-3H3,(H,19,20)/p-1. The summed E-state index contributed by atoms with van der Waals surface area (Å²) >= 11 is 0. The van der Waals surface area contributed by atoms with E-state index in [1.807, 2.05) is 0 Å². The van der Waals surface area contributed by atoms with E-state index in [9.17, 15) is 14.7 Å². The number of hydrogen-bond acceptors (Lipinski definition) is 4. The molecule has 5 nitrogen and oxygen atoms in total. The van der Waals surface area contributed by atoms with Gasteiger partial charge < -0.3 is 14.6 Å². The van der Waals surface area contributed by atoms with Crippen molar-refractivity contribution in [1.29, 1.82) is 0 Å². The molecule has 2 aromatic rings. The van der Waals surface area contributed by atoms with Gasteiger partial charge in [-0.2, -0.15) is 0 Å². The van der Waals surface area contributed by atoms with E-state index in [0.717, 1.165) is 0 Å². The first-order valence-electron chi connectivity index (χ1n) is 6.97. The van der Waals surface area contributed by atoms with Crippen LogP contribution in [0, 0.1) is 0 Å². The molecule has 1 aromatic heterocycles. The Bertz CT molecular complexity index is 695. The lowest BCUT2D eigenvalue weighted by molar-refractivity contribution is -0.304. The average molecular weight is 300 g/mol. The molecule has 0 aliphatic carbocycles.